The quantitative estimate of drug-likeness (QED) is 0.673. The van der Waals surface area contributed by atoms with Crippen LogP contribution < -0.4 is 10.1 Å². The van der Waals surface area contributed by atoms with Gasteiger partial charge in [0.25, 0.3) is 0 Å². The number of rotatable bonds is 6. The van der Waals surface area contributed by atoms with E-state index in [0.29, 0.717) is 17.9 Å². The van der Waals surface area contributed by atoms with E-state index in [2.05, 4.69) is 33.5 Å². The monoisotopic (exact) mass is 389 g/mol. The van der Waals surface area contributed by atoms with Crippen LogP contribution in [0.5, 0.6) is 5.75 Å². The smallest absolute Gasteiger partial charge is 0.358 e. The molecular weight excluding hydrogens is 366 g/mol. The van der Waals surface area contributed by atoms with Gasteiger partial charge in [0.1, 0.15) is 12.4 Å². The van der Waals surface area contributed by atoms with E-state index in [1.165, 1.54) is 11.1 Å². The van der Waals surface area contributed by atoms with Crippen LogP contribution >= 0.6 is 0 Å². The van der Waals surface area contributed by atoms with Crippen molar-refractivity contribution in [2.24, 2.45) is 0 Å². The molecule has 148 valence electrons. The maximum atomic E-state index is 11.8. The first-order valence-electron chi connectivity index (χ1n) is 9.69. The molecule has 0 spiro atoms. The second kappa shape index (κ2) is 8.41. The predicted molar refractivity (Wildman–Crippen MR) is 109 cm³/mol. The van der Waals surface area contributed by atoms with Gasteiger partial charge >= 0.3 is 5.97 Å². The number of aryl methyl sites for hydroxylation is 1. The van der Waals surface area contributed by atoms with Gasteiger partial charge in [-0.1, -0.05) is 48.5 Å². The Bertz CT molecular complexity index is 1040. The molecule has 6 nitrogen and oxygen atoms in total. The van der Waals surface area contributed by atoms with Crippen molar-refractivity contribution in [1.29, 1.82) is 0 Å². The molecule has 3 aromatic rings. The lowest BCUT2D eigenvalue weighted by molar-refractivity contribution is 0.0683. The minimum Gasteiger partial charge on any atom is -0.484 e. The minimum atomic E-state index is -1.11. The largest absolute Gasteiger partial charge is 0.484 e. The molecule has 0 amide bonds. The van der Waals surface area contributed by atoms with Crippen LogP contribution in [0.3, 0.4) is 0 Å². The fourth-order valence-corrected chi connectivity index (χ4v) is 3.57. The van der Waals surface area contributed by atoms with Gasteiger partial charge in [0.2, 0.25) is 0 Å². The van der Waals surface area contributed by atoms with Gasteiger partial charge in [-0.05, 0) is 42.1 Å². The van der Waals surface area contributed by atoms with Crippen molar-refractivity contribution < 1.29 is 14.6 Å². The summed E-state index contributed by atoms with van der Waals surface area (Å²) in [6.07, 6.45) is 1.48. The summed E-state index contributed by atoms with van der Waals surface area (Å²) < 4.78 is 5.78. The number of nitrogens with one attached hydrogen (secondary N) is 1. The fourth-order valence-electron chi connectivity index (χ4n) is 3.57. The van der Waals surface area contributed by atoms with Crippen LogP contribution in [-0.4, -0.2) is 27.6 Å². The summed E-state index contributed by atoms with van der Waals surface area (Å²) in [5.41, 5.74) is 5.12. The molecule has 0 fully saturated rings. The molecule has 4 rings (SSSR count). The van der Waals surface area contributed by atoms with Gasteiger partial charge < -0.3 is 15.2 Å². The topological polar surface area (TPSA) is 84.3 Å². The lowest BCUT2D eigenvalue weighted by Crippen LogP contribution is -2.23. The summed E-state index contributed by atoms with van der Waals surface area (Å²) in [6, 6.07) is 16.0. The molecule has 0 unspecified atom stereocenters. The van der Waals surface area contributed by atoms with Crippen molar-refractivity contribution in [3.8, 4) is 5.75 Å². The van der Waals surface area contributed by atoms with Gasteiger partial charge in [-0.2, -0.15) is 0 Å². The highest BCUT2D eigenvalue weighted by molar-refractivity contribution is 5.88. The number of hydrogen-bond donors (Lipinski definition) is 2. The van der Waals surface area contributed by atoms with Crippen LogP contribution in [0.4, 0.5) is 0 Å². The van der Waals surface area contributed by atoms with Crippen molar-refractivity contribution in [1.82, 2.24) is 15.3 Å². The highest BCUT2D eigenvalue weighted by Gasteiger charge is 2.20. The van der Waals surface area contributed by atoms with E-state index >= 15 is 0 Å². The Morgan fingerprint density at radius 3 is 2.72 bits per heavy atom. The number of hydrogen-bond acceptors (Lipinski definition) is 5. The maximum Gasteiger partial charge on any atom is 0.358 e. The van der Waals surface area contributed by atoms with Gasteiger partial charge in [0, 0.05) is 13.0 Å². The van der Waals surface area contributed by atoms with Crippen LogP contribution in [0.1, 0.15) is 44.3 Å². The third-order valence-corrected chi connectivity index (χ3v) is 5.03. The van der Waals surface area contributed by atoms with E-state index in [0.717, 1.165) is 30.6 Å². The molecular formula is C23H23N3O3. The lowest BCUT2D eigenvalue weighted by Gasteiger charge is -2.18. The first-order chi connectivity index (χ1) is 14.1. The van der Waals surface area contributed by atoms with E-state index in [4.69, 9.17) is 4.74 Å². The molecule has 0 aliphatic carbocycles. The molecule has 1 aliphatic heterocycles. The van der Waals surface area contributed by atoms with Crippen LogP contribution in [0, 0.1) is 6.92 Å². The zero-order valence-corrected chi connectivity index (χ0v) is 16.3. The first kappa shape index (κ1) is 19.1. The maximum absolute atomic E-state index is 11.8. The molecule has 2 N–H and O–H groups in total. The predicted octanol–water partition coefficient (Wildman–Crippen LogP) is 3.30. The summed E-state index contributed by atoms with van der Waals surface area (Å²) in [5.74, 6) is -0.404. The Morgan fingerprint density at radius 1 is 1.10 bits per heavy atom. The van der Waals surface area contributed by atoms with Crippen molar-refractivity contribution in [2.75, 3.05) is 6.54 Å². The highest BCUT2D eigenvalue weighted by Crippen LogP contribution is 2.24. The molecule has 6 heteroatoms. The number of carbonyl (C=O) groups is 1. The Kier molecular flexibility index (Phi) is 5.53. The fraction of sp³-hybridized carbons (Fsp3) is 0.261. The molecule has 0 radical (unpaired) electrons. The Hall–Kier alpha value is -3.25. The van der Waals surface area contributed by atoms with Crippen LogP contribution in [-0.2, 0) is 26.0 Å². The third kappa shape index (κ3) is 4.43. The molecule has 0 atom stereocenters. The number of aromatic carboxylic acids is 1. The number of carboxylic acid groups (broad SMARTS) is 1. The molecule has 29 heavy (non-hydrogen) atoms. The second-order valence-corrected chi connectivity index (χ2v) is 7.19. The van der Waals surface area contributed by atoms with Crippen molar-refractivity contribution in [3.05, 3.63) is 88.0 Å². The molecule has 0 saturated carbocycles. The Labute approximate surface area is 169 Å². The van der Waals surface area contributed by atoms with Crippen LogP contribution in [0.15, 0.2) is 48.5 Å². The summed E-state index contributed by atoms with van der Waals surface area (Å²) in [6.45, 7) is 3.89. The third-order valence-electron chi connectivity index (χ3n) is 5.03. The molecule has 0 saturated heterocycles. The van der Waals surface area contributed by atoms with E-state index < -0.39 is 5.97 Å². The van der Waals surface area contributed by atoms with Crippen LogP contribution in [0.2, 0.25) is 0 Å². The Morgan fingerprint density at radius 2 is 1.93 bits per heavy atom. The van der Waals surface area contributed by atoms with Gasteiger partial charge in [0.05, 0.1) is 5.69 Å². The van der Waals surface area contributed by atoms with E-state index in [9.17, 15) is 9.90 Å². The first-order valence-corrected chi connectivity index (χ1v) is 9.69. The van der Waals surface area contributed by atoms with E-state index in [-0.39, 0.29) is 18.1 Å². The number of carboxylic acids is 1. The number of nitrogens with zero attached hydrogens (tertiary/aromatic N) is 2. The van der Waals surface area contributed by atoms with Crippen LogP contribution in [0.25, 0.3) is 0 Å². The van der Waals surface area contributed by atoms with Gasteiger partial charge in [0.15, 0.2) is 11.4 Å². The standard InChI is InChI=1S/C23H23N3O3/c1-15-22(29-14-16-5-3-2-4-6-16)21(23(27)28)26-20(25-15)12-17-7-8-19-13-24-10-9-18(19)11-17/h2-8,11,24H,9-10,12-14H2,1H3,(H,27,28). The second-order valence-electron chi connectivity index (χ2n) is 7.19. The van der Waals surface area contributed by atoms with E-state index in [1.807, 2.05) is 30.3 Å². The number of ether oxygens (including phenoxy) is 1. The summed E-state index contributed by atoms with van der Waals surface area (Å²) in [4.78, 5) is 20.6. The zero-order valence-electron chi connectivity index (χ0n) is 16.3. The average Bonchev–Trinajstić information content (AvgIpc) is 2.73. The Balaban J connectivity index is 1.58. The number of aromatic nitrogens is 2. The normalized spacial score (nSPS) is 13.0. The molecule has 0 bridgehead atoms. The SMILES string of the molecule is Cc1nc(Cc2ccc3c(c2)CCNC3)nc(C(=O)O)c1OCc1ccccc1. The molecule has 1 aromatic heterocycles. The summed E-state index contributed by atoms with van der Waals surface area (Å²) in [7, 11) is 0. The highest BCUT2D eigenvalue weighted by atomic mass is 16.5. The van der Waals surface area contributed by atoms with Crippen molar-refractivity contribution in [2.45, 2.75) is 32.9 Å². The summed E-state index contributed by atoms with van der Waals surface area (Å²) in [5, 5.41) is 13.0. The van der Waals surface area contributed by atoms with Crippen molar-refractivity contribution >= 4 is 5.97 Å². The number of benzene rings is 2. The number of fused-ring (bicyclic) bond motifs is 1. The van der Waals surface area contributed by atoms with Gasteiger partial charge in [-0.25, -0.2) is 14.8 Å². The zero-order chi connectivity index (χ0) is 20.2. The molecule has 1 aliphatic rings. The average molecular weight is 389 g/mol. The summed E-state index contributed by atoms with van der Waals surface area (Å²) >= 11 is 0. The van der Waals surface area contributed by atoms with Crippen molar-refractivity contribution in [3.63, 3.8) is 0 Å². The lowest BCUT2D eigenvalue weighted by atomic mass is 9.97. The molecule has 2 heterocycles. The van der Waals surface area contributed by atoms with Gasteiger partial charge in [-0.15, -0.1) is 0 Å². The van der Waals surface area contributed by atoms with E-state index in [1.54, 1.807) is 6.92 Å². The van der Waals surface area contributed by atoms with Gasteiger partial charge in [-0.3, -0.25) is 0 Å². The minimum absolute atomic E-state index is 0.0920. The molecule has 2 aromatic carbocycles.